The van der Waals surface area contributed by atoms with Gasteiger partial charge in [0.25, 0.3) is 5.91 Å². The number of benzene rings is 2. The lowest BCUT2D eigenvalue weighted by Crippen LogP contribution is -2.38. The Morgan fingerprint density at radius 2 is 1.85 bits per heavy atom. The second kappa shape index (κ2) is 10.1. The first-order chi connectivity index (χ1) is 12.5. The van der Waals surface area contributed by atoms with Gasteiger partial charge in [0, 0.05) is 11.6 Å². The molecule has 5 heteroatoms. The number of nitrogens with one attached hydrogen (secondary N) is 1. The van der Waals surface area contributed by atoms with Gasteiger partial charge in [0.1, 0.15) is 11.5 Å². The summed E-state index contributed by atoms with van der Waals surface area (Å²) in [6.07, 6.45) is 1.87. The average molecular weight is 376 g/mol. The number of halogens is 1. The molecule has 2 aromatic rings. The molecule has 0 unspecified atom stereocenters. The first-order valence-corrected chi connectivity index (χ1v) is 9.24. The van der Waals surface area contributed by atoms with Crippen LogP contribution in [0.2, 0.25) is 5.02 Å². The van der Waals surface area contributed by atoms with E-state index in [1.54, 1.807) is 19.2 Å². The summed E-state index contributed by atoms with van der Waals surface area (Å²) < 4.78 is 11.0. The topological polar surface area (TPSA) is 47.6 Å². The molecule has 0 aromatic heterocycles. The molecule has 0 aliphatic heterocycles. The standard InChI is InChI=1S/C21H26ClNO3/c1-4-20(26-18-11-12-19(22)15(2)14-18)21(24)23-13-5-6-16-7-9-17(25-3)10-8-16/h7-12,14,20H,4-6,13H2,1-3H3,(H,23,24)/t20-/m1/s1. The number of carbonyl (C=O) groups excluding carboxylic acids is 1. The molecule has 26 heavy (non-hydrogen) atoms. The molecule has 0 heterocycles. The van der Waals surface area contributed by atoms with Crippen molar-refractivity contribution in [2.45, 2.75) is 39.2 Å². The van der Waals surface area contributed by atoms with Crippen LogP contribution < -0.4 is 14.8 Å². The first-order valence-electron chi connectivity index (χ1n) is 8.87. The van der Waals surface area contributed by atoms with E-state index in [1.165, 1.54) is 5.56 Å². The molecule has 0 aliphatic carbocycles. The fraction of sp³-hybridized carbons (Fsp3) is 0.381. The molecule has 4 nitrogen and oxygen atoms in total. The predicted molar refractivity (Wildman–Crippen MR) is 105 cm³/mol. The van der Waals surface area contributed by atoms with Crippen molar-refractivity contribution in [1.29, 1.82) is 0 Å². The van der Waals surface area contributed by atoms with Crippen LogP contribution in [-0.2, 0) is 11.2 Å². The Bertz CT molecular complexity index is 716. The Morgan fingerprint density at radius 1 is 1.15 bits per heavy atom. The number of amides is 1. The van der Waals surface area contributed by atoms with Gasteiger partial charge in [0.15, 0.2) is 6.10 Å². The number of carbonyl (C=O) groups is 1. The molecule has 0 fully saturated rings. The highest BCUT2D eigenvalue weighted by Crippen LogP contribution is 2.22. The van der Waals surface area contributed by atoms with Crippen LogP contribution in [-0.4, -0.2) is 25.7 Å². The second-order valence-corrected chi connectivity index (χ2v) is 6.58. The van der Waals surface area contributed by atoms with Gasteiger partial charge < -0.3 is 14.8 Å². The van der Waals surface area contributed by atoms with Crippen LogP contribution in [0.1, 0.15) is 30.9 Å². The minimum absolute atomic E-state index is 0.0881. The minimum atomic E-state index is -0.503. The molecule has 2 aromatic carbocycles. The zero-order valence-electron chi connectivity index (χ0n) is 15.5. The van der Waals surface area contributed by atoms with Gasteiger partial charge in [-0.3, -0.25) is 4.79 Å². The summed E-state index contributed by atoms with van der Waals surface area (Å²) in [6.45, 7) is 4.46. The molecule has 1 N–H and O–H groups in total. The number of hydrogen-bond acceptors (Lipinski definition) is 3. The van der Waals surface area contributed by atoms with Crippen molar-refractivity contribution in [3.05, 3.63) is 58.6 Å². The third-order valence-electron chi connectivity index (χ3n) is 4.17. The molecule has 0 saturated carbocycles. The summed E-state index contributed by atoms with van der Waals surface area (Å²) in [5.41, 5.74) is 2.15. The fourth-order valence-corrected chi connectivity index (χ4v) is 2.70. The summed E-state index contributed by atoms with van der Waals surface area (Å²) >= 11 is 6.02. The molecule has 0 saturated heterocycles. The average Bonchev–Trinajstić information content (AvgIpc) is 2.66. The van der Waals surface area contributed by atoms with E-state index in [0.717, 1.165) is 24.2 Å². The molecule has 0 spiro atoms. The van der Waals surface area contributed by atoms with Crippen LogP contribution >= 0.6 is 11.6 Å². The third-order valence-corrected chi connectivity index (χ3v) is 4.60. The Kier molecular flexibility index (Phi) is 7.79. The van der Waals surface area contributed by atoms with Crippen LogP contribution in [0.3, 0.4) is 0 Å². The smallest absolute Gasteiger partial charge is 0.261 e. The maximum Gasteiger partial charge on any atom is 0.261 e. The Labute approximate surface area is 160 Å². The van der Waals surface area contributed by atoms with Crippen molar-refractivity contribution in [3.63, 3.8) is 0 Å². The van der Waals surface area contributed by atoms with Crippen molar-refractivity contribution >= 4 is 17.5 Å². The maximum atomic E-state index is 12.3. The van der Waals surface area contributed by atoms with Gasteiger partial charge in [-0.05, 0) is 67.6 Å². The number of ether oxygens (including phenoxy) is 2. The van der Waals surface area contributed by atoms with E-state index in [4.69, 9.17) is 21.1 Å². The van der Waals surface area contributed by atoms with Crippen molar-refractivity contribution < 1.29 is 14.3 Å². The first kappa shape index (κ1) is 20.1. The van der Waals surface area contributed by atoms with Crippen LogP contribution in [0.5, 0.6) is 11.5 Å². The lowest BCUT2D eigenvalue weighted by atomic mass is 10.1. The molecule has 0 bridgehead atoms. The van der Waals surface area contributed by atoms with Crippen LogP contribution in [0.15, 0.2) is 42.5 Å². The van der Waals surface area contributed by atoms with Crippen LogP contribution in [0.4, 0.5) is 0 Å². The molecule has 0 aliphatic rings. The molecule has 140 valence electrons. The van der Waals surface area contributed by atoms with E-state index < -0.39 is 6.10 Å². The molecule has 0 radical (unpaired) electrons. The second-order valence-electron chi connectivity index (χ2n) is 6.17. The van der Waals surface area contributed by atoms with E-state index in [1.807, 2.05) is 44.2 Å². The van der Waals surface area contributed by atoms with Gasteiger partial charge in [0.05, 0.1) is 7.11 Å². The predicted octanol–water partition coefficient (Wildman–Crippen LogP) is 4.56. The quantitative estimate of drug-likeness (QED) is 0.653. The summed E-state index contributed by atoms with van der Waals surface area (Å²) in [6, 6.07) is 13.4. The van der Waals surface area contributed by atoms with Gasteiger partial charge in [-0.2, -0.15) is 0 Å². The summed E-state index contributed by atoms with van der Waals surface area (Å²) in [7, 11) is 1.65. The van der Waals surface area contributed by atoms with Gasteiger partial charge in [-0.15, -0.1) is 0 Å². The van der Waals surface area contributed by atoms with Crippen LogP contribution in [0, 0.1) is 6.92 Å². The monoisotopic (exact) mass is 375 g/mol. The molecular formula is C21H26ClNO3. The summed E-state index contributed by atoms with van der Waals surface area (Å²) in [5, 5.41) is 3.65. The van der Waals surface area contributed by atoms with E-state index in [9.17, 15) is 4.79 Å². The zero-order valence-corrected chi connectivity index (χ0v) is 16.3. The van der Waals surface area contributed by atoms with Crippen molar-refractivity contribution in [3.8, 4) is 11.5 Å². The number of aryl methyl sites for hydroxylation is 2. The Hall–Kier alpha value is -2.20. The number of methoxy groups -OCH3 is 1. The van der Waals surface area contributed by atoms with Gasteiger partial charge in [-0.25, -0.2) is 0 Å². The Balaban J connectivity index is 1.78. The number of hydrogen-bond donors (Lipinski definition) is 1. The molecular weight excluding hydrogens is 350 g/mol. The highest BCUT2D eigenvalue weighted by molar-refractivity contribution is 6.31. The van der Waals surface area contributed by atoms with E-state index >= 15 is 0 Å². The molecule has 1 atom stereocenters. The van der Waals surface area contributed by atoms with Crippen LogP contribution in [0.25, 0.3) is 0 Å². The van der Waals surface area contributed by atoms with E-state index in [2.05, 4.69) is 5.32 Å². The fourth-order valence-electron chi connectivity index (χ4n) is 2.59. The Morgan fingerprint density at radius 3 is 2.46 bits per heavy atom. The van der Waals surface area contributed by atoms with E-state index in [0.29, 0.717) is 23.7 Å². The van der Waals surface area contributed by atoms with Gasteiger partial charge >= 0.3 is 0 Å². The van der Waals surface area contributed by atoms with Crippen molar-refractivity contribution in [2.75, 3.05) is 13.7 Å². The van der Waals surface area contributed by atoms with Crippen molar-refractivity contribution in [2.24, 2.45) is 0 Å². The van der Waals surface area contributed by atoms with E-state index in [-0.39, 0.29) is 5.91 Å². The van der Waals surface area contributed by atoms with Gasteiger partial charge in [-0.1, -0.05) is 30.7 Å². The summed E-state index contributed by atoms with van der Waals surface area (Å²) in [4.78, 5) is 12.3. The minimum Gasteiger partial charge on any atom is -0.497 e. The zero-order chi connectivity index (χ0) is 18.9. The summed E-state index contributed by atoms with van der Waals surface area (Å²) in [5.74, 6) is 1.42. The molecule has 1 amide bonds. The van der Waals surface area contributed by atoms with Crippen molar-refractivity contribution in [1.82, 2.24) is 5.32 Å². The normalized spacial score (nSPS) is 11.7. The SMILES string of the molecule is CC[C@@H](Oc1ccc(Cl)c(C)c1)C(=O)NCCCc1ccc(OC)cc1. The van der Waals surface area contributed by atoms with Gasteiger partial charge in [0.2, 0.25) is 0 Å². The lowest BCUT2D eigenvalue weighted by Gasteiger charge is -2.18. The third kappa shape index (κ3) is 5.95. The number of rotatable bonds is 9. The highest BCUT2D eigenvalue weighted by Gasteiger charge is 2.18. The lowest BCUT2D eigenvalue weighted by molar-refractivity contribution is -0.128. The molecule has 2 rings (SSSR count). The highest BCUT2D eigenvalue weighted by atomic mass is 35.5. The maximum absolute atomic E-state index is 12.3. The largest absolute Gasteiger partial charge is 0.497 e.